The Morgan fingerprint density at radius 1 is 1.16 bits per heavy atom. The number of thiocarbonyl (C=S) groups is 1. The summed E-state index contributed by atoms with van der Waals surface area (Å²) in [5.41, 5.74) is 1.73. The molecule has 1 saturated heterocycles. The van der Waals surface area contributed by atoms with Crippen LogP contribution in [0.5, 0.6) is 0 Å². The molecule has 0 amide bonds. The van der Waals surface area contributed by atoms with Gasteiger partial charge in [-0.3, -0.25) is 4.98 Å². The topological polar surface area (TPSA) is 44.5 Å². The van der Waals surface area contributed by atoms with Crippen LogP contribution in [0.3, 0.4) is 0 Å². The highest BCUT2D eigenvalue weighted by molar-refractivity contribution is 7.80. The van der Waals surface area contributed by atoms with E-state index >= 15 is 0 Å². The number of furan rings is 1. The number of benzene rings is 1. The van der Waals surface area contributed by atoms with Crippen molar-refractivity contribution in [3.63, 3.8) is 0 Å². The number of nitrogens with one attached hydrogen (secondary N) is 1. The first-order valence-electron chi connectivity index (χ1n) is 10.1. The lowest BCUT2D eigenvalue weighted by atomic mass is 10.0. The molecule has 4 rings (SSSR count). The maximum absolute atomic E-state index is 6.40. The fourth-order valence-corrected chi connectivity index (χ4v) is 4.69. The normalized spacial score (nSPS) is 18.6. The largest absolute Gasteiger partial charge is 0.459 e. The number of halogens is 2. The molecular weight excluding hydrogens is 451 g/mol. The Balaban J connectivity index is 1.68. The third-order valence-corrected chi connectivity index (χ3v) is 6.22. The Labute approximate surface area is 198 Å². The molecule has 1 aromatic carbocycles. The second kappa shape index (κ2) is 9.57. The highest BCUT2D eigenvalue weighted by atomic mass is 35.5. The van der Waals surface area contributed by atoms with Gasteiger partial charge in [0, 0.05) is 23.3 Å². The first kappa shape index (κ1) is 22.1. The van der Waals surface area contributed by atoms with Crippen LogP contribution >= 0.6 is 35.4 Å². The van der Waals surface area contributed by atoms with Gasteiger partial charge in [0.05, 0.1) is 16.8 Å². The lowest BCUT2D eigenvalue weighted by Crippen LogP contribution is -2.32. The van der Waals surface area contributed by atoms with Crippen molar-refractivity contribution in [2.24, 2.45) is 0 Å². The van der Waals surface area contributed by atoms with Gasteiger partial charge < -0.3 is 19.5 Å². The van der Waals surface area contributed by atoms with E-state index < -0.39 is 0 Å². The van der Waals surface area contributed by atoms with Gasteiger partial charge in [-0.05, 0) is 81.7 Å². The van der Waals surface area contributed by atoms with Crippen LogP contribution in [0, 0.1) is 0 Å². The number of hydrogen-bond acceptors (Lipinski definition) is 4. The number of pyridine rings is 1. The van der Waals surface area contributed by atoms with Crippen molar-refractivity contribution in [2.75, 3.05) is 27.2 Å². The van der Waals surface area contributed by atoms with Crippen LogP contribution in [0.4, 0.5) is 0 Å². The number of rotatable bonds is 7. The van der Waals surface area contributed by atoms with E-state index in [4.69, 9.17) is 39.8 Å². The van der Waals surface area contributed by atoms with Gasteiger partial charge >= 0.3 is 0 Å². The van der Waals surface area contributed by atoms with Crippen LogP contribution in [0.1, 0.15) is 30.0 Å². The van der Waals surface area contributed by atoms with Crippen molar-refractivity contribution in [1.82, 2.24) is 20.1 Å². The fraction of sp³-hybridized carbons (Fsp3) is 0.304. The van der Waals surface area contributed by atoms with Crippen molar-refractivity contribution in [3.05, 3.63) is 76.2 Å². The van der Waals surface area contributed by atoms with Crippen LogP contribution in [0.25, 0.3) is 11.3 Å². The molecule has 2 atom stereocenters. The van der Waals surface area contributed by atoms with Gasteiger partial charge in [-0.2, -0.15) is 0 Å². The van der Waals surface area contributed by atoms with Gasteiger partial charge in [0.2, 0.25) is 0 Å². The summed E-state index contributed by atoms with van der Waals surface area (Å²) in [6.07, 6.45) is 2.78. The predicted octanol–water partition coefficient (Wildman–Crippen LogP) is 5.57. The standard InChI is InChI=1S/C23H24Cl2N4OS/c1-28(2)12-5-13-29-22(21(27-23(29)31)18-6-3-4-11-26-18)20-10-9-19(30-20)16-8-7-15(24)14-17(16)25/h3-4,6-11,14,21-22H,5,12-13H2,1-2H3,(H,27,31)/t21-,22-/m1/s1. The summed E-state index contributed by atoms with van der Waals surface area (Å²) in [6, 6.07) is 15.0. The predicted molar refractivity (Wildman–Crippen MR) is 129 cm³/mol. The average molecular weight is 475 g/mol. The van der Waals surface area contributed by atoms with Crippen molar-refractivity contribution in [1.29, 1.82) is 0 Å². The minimum Gasteiger partial charge on any atom is -0.459 e. The van der Waals surface area contributed by atoms with Gasteiger partial charge in [-0.15, -0.1) is 0 Å². The molecular formula is C23H24Cl2N4OS. The summed E-state index contributed by atoms with van der Waals surface area (Å²) in [5.74, 6) is 1.51. The molecule has 3 heterocycles. The first-order valence-corrected chi connectivity index (χ1v) is 11.3. The zero-order chi connectivity index (χ0) is 22.0. The van der Waals surface area contributed by atoms with E-state index in [1.165, 1.54) is 0 Å². The third kappa shape index (κ3) is 4.88. The Morgan fingerprint density at radius 2 is 2.00 bits per heavy atom. The molecule has 0 saturated carbocycles. The molecule has 0 bridgehead atoms. The monoisotopic (exact) mass is 474 g/mol. The molecule has 1 N–H and O–H groups in total. The smallest absolute Gasteiger partial charge is 0.170 e. The quantitative estimate of drug-likeness (QED) is 0.451. The maximum atomic E-state index is 6.40. The third-order valence-electron chi connectivity index (χ3n) is 5.32. The lowest BCUT2D eigenvalue weighted by molar-refractivity contribution is 0.261. The molecule has 0 unspecified atom stereocenters. The van der Waals surface area contributed by atoms with E-state index in [1.54, 1.807) is 12.3 Å². The van der Waals surface area contributed by atoms with Gasteiger partial charge in [0.25, 0.3) is 0 Å². The molecule has 3 aromatic rings. The van der Waals surface area contributed by atoms with Crippen molar-refractivity contribution >= 4 is 40.5 Å². The van der Waals surface area contributed by atoms with Crippen molar-refractivity contribution in [2.45, 2.75) is 18.5 Å². The minimum absolute atomic E-state index is 0.104. The number of hydrogen-bond donors (Lipinski definition) is 1. The molecule has 162 valence electrons. The zero-order valence-corrected chi connectivity index (χ0v) is 19.7. The summed E-state index contributed by atoms with van der Waals surface area (Å²) in [5, 5.41) is 5.31. The Hall–Kier alpha value is -2.12. The highest BCUT2D eigenvalue weighted by Gasteiger charge is 2.41. The Kier molecular flexibility index (Phi) is 6.82. The molecule has 0 radical (unpaired) electrons. The van der Waals surface area contributed by atoms with Crippen LogP contribution in [-0.4, -0.2) is 47.1 Å². The van der Waals surface area contributed by atoms with Crippen LogP contribution in [0.15, 0.2) is 59.1 Å². The average Bonchev–Trinajstić information content (AvgIpc) is 3.33. The van der Waals surface area contributed by atoms with Crippen LogP contribution in [-0.2, 0) is 0 Å². The van der Waals surface area contributed by atoms with Gasteiger partial charge in [0.15, 0.2) is 5.11 Å². The summed E-state index contributed by atoms with van der Waals surface area (Å²) in [6.45, 7) is 1.79. The Morgan fingerprint density at radius 3 is 2.71 bits per heavy atom. The summed E-state index contributed by atoms with van der Waals surface area (Å²) in [7, 11) is 4.15. The molecule has 1 fully saturated rings. The van der Waals surface area contributed by atoms with Crippen molar-refractivity contribution in [3.8, 4) is 11.3 Å². The first-order chi connectivity index (χ1) is 14.9. The van der Waals surface area contributed by atoms with E-state index in [1.807, 2.05) is 42.5 Å². The van der Waals surface area contributed by atoms with Gasteiger partial charge in [0.1, 0.15) is 17.6 Å². The SMILES string of the molecule is CN(C)CCCN1C(=S)N[C@H](c2ccccn2)[C@H]1c1ccc(-c2ccc(Cl)cc2Cl)o1. The number of nitrogens with zero attached hydrogens (tertiary/aromatic N) is 3. The zero-order valence-electron chi connectivity index (χ0n) is 17.4. The van der Waals surface area contributed by atoms with E-state index in [0.29, 0.717) is 20.9 Å². The van der Waals surface area contributed by atoms with Crippen molar-refractivity contribution < 1.29 is 4.42 Å². The molecule has 5 nitrogen and oxygen atoms in total. The minimum atomic E-state index is -0.107. The molecule has 1 aliphatic rings. The second-order valence-electron chi connectivity index (χ2n) is 7.80. The molecule has 8 heteroatoms. The van der Waals surface area contributed by atoms with Gasteiger partial charge in [-0.1, -0.05) is 29.3 Å². The van der Waals surface area contributed by atoms with E-state index in [2.05, 4.69) is 34.2 Å². The maximum Gasteiger partial charge on any atom is 0.170 e. The van der Waals surface area contributed by atoms with Crippen LogP contribution in [0.2, 0.25) is 10.0 Å². The van der Waals surface area contributed by atoms with Gasteiger partial charge in [-0.25, -0.2) is 0 Å². The summed E-state index contributed by atoms with van der Waals surface area (Å²) in [4.78, 5) is 8.94. The highest BCUT2D eigenvalue weighted by Crippen LogP contribution is 2.41. The Bertz CT molecular complexity index is 1060. The van der Waals surface area contributed by atoms with E-state index in [-0.39, 0.29) is 12.1 Å². The number of aromatic nitrogens is 1. The fourth-order valence-electron chi connectivity index (χ4n) is 3.86. The molecule has 31 heavy (non-hydrogen) atoms. The van der Waals surface area contributed by atoms with E-state index in [0.717, 1.165) is 36.5 Å². The summed E-state index contributed by atoms with van der Waals surface area (Å²) < 4.78 is 6.33. The lowest BCUT2D eigenvalue weighted by Gasteiger charge is -2.26. The molecule has 2 aromatic heterocycles. The molecule has 0 spiro atoms. The summed E-state index contributed by atoms with van der Waals surface area (Å²) >= 11 is 18.2. The van der Waals surface area contributed by atoms with Crippen LogP contribution < -0.4 is 5.32 Å². The second-order valence-corrected chi connectivity index (χ2v) is 9.03. The molecule has 1 aliphatic heterocycles. The molecule has 0 aliphatic carbocycles. The van der Waals surface area contributed by atoms with E-state index in [9.17, 15) is 0 Å².